The van der Waals surface area contributed by atoms with Crippen molar-refractivity contribution >= 4 is 17.4 Å². The van der Waals surface area contributed by atoms with Gasteiger partial charge in [0.15, 0.2) is 0 Å². The van der Waals surface area contributed by atoms with Crippen molar-refractivity contribution in [2.24, 2.45) is 0 Å². The van der Waals surface area contributed by atoms with Gasteiger partial charge < -0.3 is 0 Å². The number of hydrogen-bond donors (Lipinski definition) is 0. The van der Waals surface area contributed by atoms with Crippen LogP contribution in [0.2, 0.25) is 0 Å². The molecular formula is C6H12O4P2. The molecule has 0 aromatic rings. The highest BCUT2D eigenvalue weighted by Crippen LogP contribution is 2.05. The summed E-state index contributed by atoms with van der Waals surface area (Å²) in [6.45, 7) is 1.07. The van der Waals surface area contributed by atoms with Crippen LogP contribution in [0.1, 0.15) is 25.7 Å². The summed E-state index contributed by atoms with van der Waals surface area (Å²) in [5.41, 5.74) is 0. The number of hydrogen-bond acceptors (Lipinski definition) is 4. The predicted octanol–water partition coefficient (Wildman–Crippen LogP) is 2.99. The zero-order chi connectivity index (χ0) is 9.07. The van der Waals surface area contributed by atoms with Crippen LogP contribution in [0.3, 0.4) is 0 Å². The van der Waals surface area contributed by atoms with Crippen molar-refractivity contribution in [2.75, 3.05) is 13.2 Å². The van der Waals surface area contributed by atoms with Gasteiger partial charge in [-0.25, -0.2) is 9.13 Å². The van der Waals surface area contributed by atoms with Crippen LogP contribution in [0.15, 0.2) is 0 Å². The predicted molar refractivity (Wildman–Crippen MR) is 45.6 cm³/mol. The van der Waals surface area contributed by atoms with Gasteiger partial charge in [-0.1, -0.05) is 12.8 Å². The average molecular weight is 210 g/mol. The highest BCUT2D eigenvalue weighted by Gasteiger charge is 1.91. The molecule has 0 unspecified atom stereocenters. The van der Waals surface area contributed by atoms with Gasteiger partial charge >= 0.3 is 17.4 Å². The first-order valence-corrected chi connectivity index (χ1v) is 5.27. The van der Waals surface area contributed by atoms with Crippen LogP contribution in [0.25, 0.3) is 0 Å². The van der Waals surface area contributed by atoms with E-state index >= 15 is 0 Å². The maximum atomic E-state index is 9.80. The first-order valence-electron chi connectivity index (χ1n) is 3.81. The van der Waals surface area contributed by atoms with Crippen molar-refractivity contribution in [3.8, 4) is 0 Å². The molecule has 0 bridgehead atoms. The van der Waals surface area contributed by atoms with E-state index in [1.165, 1.54) is 0 Å². The molecule has 0 aromatic heterocycles. The Balaban J connectivity index is 2.81. The molecule has 0 aliphatic heterocycles. The zero-order valence-electron chi connectivity index (χ0n) is 6.77. The quantitative estimate of drug-likeness (QED) is 0.433. The molecule has 0 N–H and O–H groups in total. The Bertz CT molecular complexity index is 106. The summed E-state index contributed by atoms with van der Waals surface area (Å²) >= 11 is 0. The normalized spacial score (nSPS) is 11.0. The molecule has 0 radical (unpaired) electrons. The van der Waals surface area contributed by atoms with E-state index in [0.717, 1.165) is 25.7 Å². The summed E-state index contributed by atoms with van der Waals surface area (Å²) in [7, 11) is -0.491. The summed E-state index contributed by atoms with van der Waals surface area (Å²) in [5, 5.41) is 0. The summed E-state index contributed by atoms with van der Waals surface area (Å²) in [6, 6.07) is 0. The van der Waals surface area contributed by atoms with Gasteiger partial charge in [-0.05, 0) is 12.8 Å². The van der Waals surface area contributed by atoms with Crippen molar-refractivity contribution in [2.45, 2.75) is 25.7 Å². The minimum absolute atomic E-state index is 0.245. The molecule has 0 heterocycles. The van der Waals surface area contributed by atoms with E-state index in [1.54, 1.807) is 0 Å². The number of rotatable bonds is 9. The fraction of sp³-hybridized carbons (Fsp3) is 1.00. The fourth-order valence-corrected chi connectivity index (χ4v) is 1.17. The molecule has 70 valence electrons. The lowest BCUT2D eigenvalue weighted by Gasteiger charge is -1.97. The van der Waals surface area contributed by atoms with Crippen LogP contribution >= 0.6 is 17.4 Å². The highest BCUT2D eigenvalue weighted by atomic mass is 31.1. The zero-order valence-corrected chi connectivity index (χ0v) is 8.56. The molecule has 0 aliphatic rings. The largest absolute Gasteiger partial charge is 0.327 e. The summed E-state index contributed by atoms with van der Waals surface area (Å²) < 4.78 is 28.8. The average Bonchev–Trinajstić information content (AvgIpc) is 2.10. The van der Waals surface area contributed by atoms with Gasteiger partial charge in [0.2, 0.25) is 0 Å². The lowest BCUT2D eigenvalue weighted by molar-refractivity contribution is 0.310. The highest BCUT2D eigenvalue weighted by molar-refractivity contribution is 7.17. The summed E-state index contributed by atoms with van der Waals surface area (Å²) in [4.78, 5) is 0. The third kappa shape index (κ3) is 10.1. The molecule has 0 saturated carbocycles. The molecule has 4 nitrogen and oxygen atoms in total. The van der Waals surface area contributed by atoms with Crippen LogP contribution < -0.4 is 0 Å². The summed E-state index contributed by atoms with van der Waals surface area (Å²) in [5.74, 6) is 0. The van der Waals surface area contributed by atoms with E-state index in [-0.39, 0.29) is 17.4 Å². The van der Waals surface area contributed by atoms with Gasteiger partial charge in [-0.2, -0.15) is 0 Å². The van der Waals surface area contributed by atoms with Gasteiger partial charge in [0, 0.05) is 0 Å². The van der Waals surface area contributed by atoms with E-state index in [1.807, 2.05) is 0 Å². The van der Waals surface area contributed by atoms with Crippen molar-refractivity contribution in [1.29, 1.82) is 0 Å². The van der Waals surface area contributed by atoms with Crippen molar-refractivity contribution in [3.63, 3.8) is 0 Å². The molecule has 0 saturated heterocycles. The Morgan fingerprint density at radius 1 is 0.750 bits per heavy atom. The minimum atomic E-state index is -0.245. The third-order valence-corrected chi connectivity index (χ3v) is 1.90. The molecule has 6 heteroatoms. The smallest absolute Gasteiger partial charge is 0.294 e. The van der Waals surface area contributed by atoms with Gasteiger partial charge in [0.05, 0.1) is 13.2 Å². The molecule has 0 aliphatic carbocycles. The van der Waals surface area contributed by atoms with Crippen LogP contribution in [-0.2, 0) is 18.2 Å². The van der Waals surface area contributed by atoms with Crippen LogP contribution in [0.5, 0.6) is 0 Å². The van der Waals surface area contributed by atoms with E-state index in [4.69, 9.17) is 0 Å². The fourth-order valence-electron chi connectivity index (χ4n) is 0.761. The van der Waals surface area contributed by atoms with Crippen LogP contribution in [-0.4, -0.2) is 13.2 Å². The second kappa shape index (κ2) is 11.1. The molecule has 0 spiro atoms. The molecule has 0 aromatic carbocycles. The Labute approximate surface area is 75.2 Å². The topological polar surface area (TPSA) is 52.6 Å². The lowest BCUT2D eigenvalue weighted by atomic mass is 10.2. The third-order valence-electron chi connectivity index (χ3n) is 1.33. The van der Waals surface area contributed by atoms with Crippen molar-refractivity contribution in [1.82, 2.24) is 0 Å². The summed E-state index contributed by atoms with van der Waals surface area (Å²) in [6.07, 6.45) is 3.86. The Kier molecular flexibility index (Phi) is 11.2. The van der Waals surface area contributed by atoms with Gasteiger partial charge in [0.25, 0.3) is 0 Å². The standard InChI is InChI=1S/C6H12O4P2/c7-11-9-5-3-1-2-4-6-10-12-8/h1-6H2. The number of unbranched alkanes of at least 4 members (excludes halogenated alkanes) is 3. The molecule has 0 amide bonds. The van der Waals surface area contributed by atoms with E-state index in [0.29, 0.717) is 13.2 Å². The van der Waals surface area contributed by atoms with Gasteiger partial charge in [-0.3, -0.25) is 9.05 Å². The van der Waals surface area contributed by atoms with E-state index < -0.39 is 0 Å². The van der Waals surface area contributed by atoms with Crippen molar-refractivity contribution < 1.29 is 18.2 Å². The molecule has 0 rings (SSSR count). The molecular weight excluding hydrogens is 198 g/mol. The monoisotopic (exact) mass is 210 g/mol. The van der Waals surface area contributed by atoms with Gasteiger partial charge in [-0.15, -0.1) is 0 Å². The lowest BCUT2D eigenvalue weighted by Crippen LogP contribution is -1.88. The first-order chi connectivity index (χ1) is 5.91. The van der Waals surface area contributed by atoms with Crippen molar-refractivity contribution in [3.05, 3.63) is 0 Å². The SMILES string of the molecule is O=POCCCCCCOP=O. The second-order valence-corrected chi connectivity index (χ2v) is 3.04. The van der Waals surface area contributed by atoms with E-state index in [2.05, 4.69) is 9.05 Å². The Hall–Kier alpha value is 0.120. The Morgan fingerprint density at radius 3 is 1.50 bits per heavy atom. The minimum Gasteiger partial charge on any atom is -0.294 e. The van der Waals surface area contributed by atoms with Crippen LogP contribution in [0.4, 0.5) is 0 Å². The molecule has 12 heavy (non-hydrogen) atoms. The maximum absolute atomic E-state index is 9.80. The second-order valence-electron chi connectivity index (χ2n) is 2.23. The van der Waals surface area contributed by atoms with Gasteiger partial charge in [0.1, 0.15) is 0 Å². The maximum Gasteiger partial charge on any atom is 0.327 e. The molecule has 0 atom stereocenters. The van der Waals surface area contributed by atoms with E-state index in [9.17, 15) is 9.13 Å². The first kappa shape index (κ1) is 12.1. The van der Waals surface area contributed by atoms with Crippen LogP contribution in [0, 0.1) is 0 Å². The Morgan fingerprint density at radius 2 is 1.17 bits per heavy atom. The molecule has 0 fully saturated rings.